The van der Waals surface area contributed by atoms with Gasteiger partial charge >= 0.3 is 6.36 Å². The Bertz CT molecular complexity index is 671. The van der Waals surface area contributed by atoms with Crippen LogP contribution in [-0.2, 0) is 13.0 Å². The van der Waals surface area contributed by atoms with E-state index in [1.807, 2.05) is 6.07 Å². The SMILES string of the molecule is CCc1ccc(CN=C(N)Nc2ccc(OC(F)(F)F)cc2)s1.I. The van der Waals surface area contributed by atoms with Crippen molar-refractivity contribution in [3.8, 4) is 5.75 Å². The molecule has 0 bridgehead atoms. The van der Waals surface area contributed by atoms with Crippen LogP contribution in [0.25, 0.3) is 0 Å². The number of hydrogen-bond acceptors (Lipinski definition) is 3. The van der Waals surface area contributed by atoms with Gasteiger partial charge in [0.15, 0.2) is 5.96 Å². The molecule has 3 N–H and O–H groups in total. The van der Waals surface area contributed by atoms with Gasteiger partial charge in [-0.2, -0.15) is 0 Å². The monoisotopic (exact) mass is 471 g/mol. The molecule has 2 rings (SSSR count). The highest BCUT2D eigenvalue weighted by Gasteiger charge is 2.30. The van der Waals surface area contributed by atoms with Crippen LogP contribution < -0.4 is 15.8 Å². The predicted molar refractivity (Wildman–Crippen MR) is 101 cm³/mol. The summed E-state index contributed by atoms with van der Waals surface area (Å²) in [6.45, 7) is 2.54. The van der Waals surface area contributed by atoms with Gasteiger partial charge in [-0.05, 0) is 42.8 Å². The van der Waals surface area contributed by atoms with E-state index in [4.69, 9.17) is 5.73 Å². The molecule has 24 heavy (non-hydrogen) atoms. The van der Waals surface area contributed by atoms with Crippen LogP contribution in [-0.4, -0.2) is 12.3 Å². The summed E-state index contributed by atoms with van der Waals surface area (Å²) < 4.78 is 40.0. The Hall–Kier alpha value is -1.49. The number of halogens is 4. The number of benzene rings is 1. The normalized spacial score (nSPS) is 11.8. The molecule has 0 aliphatic heterocycles. The number of alkyl halides is 3. The molecule has 0 radical (unpaired) electrons. The van der Waals surface area contributed by atoms with E-state index in [1.165, 1.54) is 29.1 Å². The van der Waals surface area contributed by atoms with Gasteiger partial charge in [-0.3, -0.25) is 0 Å². The van der Waals surface area contributed by atoms with Gasteiger partial charge in [-0.25, -0.2) is 4.99 Å². The molecular weight excluding hydrogens is 454 g/mol. The summed E-state index contributed by atoms with van der Waals surface area (Å²) >= 11 is 1.67. The first kappa shape index (κ1) is 20.6. The summed E-state index contributed by atoms with van der Waals surface area (Å²) in [5.41, 5.74) is 6.29. The molecule has 0 aliphatic carbocycles. The van der Waals surface area contributed by atoms with Crippen LogP contribution in [0, 0.1) is 0 Å². The fraction of sp³-hybridized carbons (Fsp3) is 0.267. The second-order valence-corrected chi connectivity index (χ2v) is 5.87. The summed E-state index contributed by atoms with van der Waals surface area (Å²) in [6.07, 6.45) is -3.72. The van der Waals surface area contributed by atoms with Crippen LogP contribution in [0.3, 0.4) is 0 Å². The lowest BCUT2D eigenvalue weighted by Gasteiger charge is -2.10. The minimum Gasteiger partial charge on any atom is -0.406 e. The van der Waals surface area contributed by atoms with Crippen LogP contribution in [0.15, 0.2) is 41.4 Å². The zero-order valence-corrected chi connectivity index (χ0v) is 15.9. The number of thiophene rings is 1. The molecule has 0 aliphatic rings. The maximum atomic E-state index is 12.1. The molecule has 1 aromatic heterocycles. The summed E-state index contributed by atoms with van der Waals surface area (Å²) in [5.74, 6) is -0.0924. The predicted octanol–water partition coefficient (Wildman–Crippen LogP) is 4.75. The Morgan fingerprint density at radius 3 is 2.33 bits per heavy atom. The third-order valence-electron chi connectivity index (χ3n) is 2.83. The van der Waals surface area contributed by atoms with Gasteiger partial charge in [-0.1, -0.05) is 6.92 Å². The van der Waals surface area contributed by atoms with E-state index in [-0.39, 0.29) is 35.7 Å². The molecule has 4 nitrogen and oxygen atoms in total. The zero-order valence-electron chi connectivity index (χ0n) is 12.8. The molecule has 2 aromatic rings. The average molecular weight is 471 g/mol. The van der Waals surface area contributed by atoms with E-state index in [0.717, 1.165) is 11.3 Å². The molecule has 132 valence electrons. The van der Waals surface area contributed by atoms with Crippen molar-refractivity contribution in [1.82, 2.24) is 0 Å². The van der Waals surface area contributed by atoms with Crippen LogP contribution in [0.4, 0.5) is 18.9 Å². The Morgan fingerprint density at radius 2 is 1.79 bits per heavy atom. The van der Waals surface area contributed by atoms with E-state index >= 15 is 0 Å². The van der Waals surface area contributed by atoms with Crippen molar-refractivity contribution in [2.45, 2.75) is 26.3 Å². The summed E-state index contributed by atoms with van der Waals surface area (Å²) in [7, 11) is 0. The fourth-order valence-electron chi connectivity index (χ4n) is 1.79. The molecule has 1 heterocycles. The highest BCUT2D eigenvalue weighted by atomic mass is 127. The minimum atomic E-state index is -4.70. The molecule has 0 saturated carbocycles. The van der Waals surface area contributed by atoms with Crippen LogP contribution in [0.5, 0.6) is 5.75 Å². The molecular formula is C15H17F3IN3OS. The Labute approximate surface area is 158 Å². The molecule has 0 atom stereocenters. The molecule has 0 spiro atoms. The number of nitrogens with zero attached hydrogens (tertiary/aromatic N) is 1. The van der Waals surface area contributed by atoms with Crippen molar-refractivity contribution in [1.29, 1.82) is 0 Å². The van der Waals surface area contributed by atoms with Crippen LogP contribution >= 0.6 is 35.3 Å². The van der Waals surface area contributed by atoms with Gasteiger partial charge in [0.2, 0.25) is 0 Å². The molecule has 0 unspecified atom stereocenters. The van der Waals surface area contributed by atoms with Gasteiger partial charge in [0.1, 0.15) is 5.75 Å². The lowest BCUT2D eigenvalue weighted by molar-refractivity contribution is -0.274. The first-order chi connectivity index (χ1) is 10.9. The molecule has 1 aromatic carbocycles. The number of nitrogens with two attached hydrogens (primary N) is 1. The number of aliphatic imine (C=N–C) groups is 1. The highest BCUT2D eigenvalue weighted by Crippen LogP contribution is 2.24. The number of ether oxygens (including phenoxy) is 1. The third-order valence-corrected chi connectivity index (χ3v) is 4.05. The van der Waals surface area contributed by atoms with Crippen molar-refractivity contribution in [2.24, 2.45) is 10.7 Å². The Morgan fingerprint density at radius 1 is 1.17 bits per heavy atom. The Balaban J connectivity index is 0.00000288. The smallest absolute Gasteiger partial charge is 0.406 e. The largest absolute Gasteiger partial charge is 0.573 e. The van der Waals surface area contributed by atoms with E-state index in [9.17, 15) is 13.2 Å². The van der Waals surface area contributed by atoms with Crippen LogP contribution in [0.2, 0.25) is 0 Å². The Kier molecular flexibility index (Phi) is 7.80. The quantitative estimate of drug-likeness (QED) is 0.376. The van der Waals surface area contributed by atoms with Gasteiger partial charge in [-0.15, -0.1) is 48.5 Å². The fourth-order valence-corrected chi connectivity index (χ4v) is 2.67. The van der Waals surface area contributed by atoms with Gasteiger partial charge in [0.05, 0.1) is 6.54 Å². The molecule has 0 saturated heterocycles. The van der Waals surface area contributed by atoms with E-state index < -0.39 is 6.36 Å². The zero-order chi connectivity index (χ0) is 16.9. The highest BCUT2D eigenvalue weighted by molar-refractivity contribution is 14.0. The van der Waals surface area contributed by atoms with Gasteiger partial charge < -0.3 is 15.8 Å². The molecule has 0 fully saturated rings. The first-order valence-electron chi connectivity index (χ1n) is 6.86. The summed E-state index contributed by atoms with van der Waals surface area (Å²) in [5, 5.41) is 2.82. The second kappa shape index (κ2) is 9.11. The van der Waals surface area contributed by atoms with Gasteiger partial charge in [0.25, 0.3) is 0 Å². The van der Waals surface area contributed by atoms with Crippen molar-refractivity contribution in [3.05, 3.63) is 46.2 Å². The maximum absolute atomic E-state index is 12.1. The lowest BCUT2D eigenvalue weighted by Crippen LogP contribution is -2.22. The van der Waals surface area contributed by atoms with E-state index in [0.29, 0.717) is 12.2 Å². The second-order valence-electron chi connectivity index (χ2n) is 4.62. The molecule has 0 amide bonds. The number of guanidine groups is 1. The van der Waals surface area contributed by atoms with E-state index in [2.05, 4.69) is 28.0 Å². The van der Waals surface area contributed by atoms with Crippen LogP contribution in [0.1, 0.15) is 16.7 Å². The summed E-state index contributed by atoms with van der Waals surface area (Å²) in [6, 6.07) is 9.33. The number of hydrogen-bond donors (Lipinski definition) is 2. The number of nitrogens with one attached hydrogen (secondary N) is 1. The van der Waals surface area contributed by atoms with Crippen molar-refractivity contribution >= 4 is 47.0 Å². The third kappa shape index (κ3) is 6.95. The standard InChI is InChI=1S/C15H16F3N3OS.HI/c1-2-12-7-8-13(23-12)9-20-14(19)21-10-3-5-11(6-4-10)22-15(16,17)18;/h3-8H,2,9H2,1H3,(H3,19,20,21);1H. The molecule has 9 heteroatoms. The average Bonchev–Trinajstić information content (AvgIpc) is 2.94. The van der Waals surface area contributed by atoms with Crippen molar-refractivity contribution in [2.75, 3.05) is 5.32 Å². The lowest BCUT2D eigenvalue weighted by atomic mass is 10.3. The van der Waals surface area contributed by atoms with Crippen molar-refractivity contribution in [3.63, 3.8) is 0 Å². The summed E-state index contributed by atoms with van der Waals surface area (Å²) in [4.78, 5) is 6.58. The van der Waals surface area contributed by atoms with Gasteiger partial charge in [0, 0.05) is 15.4 Å². The van der Waals surface area contributed by atoms with E-state index in [1.54, 1.807) is 11.3 Å². The number of rotatable bonds is 5. The number of aryl methyl sites for hydroxylation is 1. The van der Waals surface area contributed by atoms with Crippen molar-refractivity contribution < 1.29 is 17.9 Å². The maximum Gasteiger partial charge on any atom is 0.573 e. The number of anilines is 1. The minimum absolute atomic E-state index is 0. The topological polar surface area (TPSA) is 59.6 Å². The first-order valence-corrected chi connectivity index (χ1v) is 7.67.